The fourth-order valence-corrected chi connectivity index (χ4v) is 3.06. The first kappa shape index (κ1) is 19.2. The van der Waals surface area contributed by atoms with Gasteiger partial charge in [0, 0.05) is 39.5 Å². The number of rotatable bonds is 5. The Bertz CT molecular complexity index is 1020. The predicted octanol–water partition coefficient (Wildman–Crippen LogP) is 5.05. The molecule has 0 aliphatic carbocycles. The van der Waals surface area contributed by atoms with Gasteiger partial charge in [-0.2, -0.15) is 5.10 Å². The predicted molar refractivity (Wildman–Crippen MR) is 104 cm³/mol. The molecule has 0 atom stereocenters. The number of nitro groups is 1. The molecule has 27 heavy (non-hydrogen) atoms. The monoisotopic (exact) mass is 424 g/mol. The van der Waals surface area contributed by atoms with Gasteiger partial charge in [-0.25, -0.2) is 0 Å². The molecule has 1 aromatic heterocycles. The number of carbonyl (C=O) groups excluding carboxylic acids is 1. The van der Waals surface area contributed by atoms with E-state index in [1.165, 1.54) is 35.1 Å². The minimum Gasteiger partial charge on any atom is -0.304 e. The third-order valence-electron chi connectivity index (χ3n) is 3.65. The summed E-state index contributed by atoms with van der Waals surface area (Å²) in [6.07, 6.45) is 1.52. The van der Waals surface area contributed by atoms with Crippen LogP contribution < -0.4 is 5.32 Å². The van der Waals surface area contributed by atoms with Crippen molar-refractivity contribution in [3.63, 3.8) is 0 Å². The molecular formula is C17H11Cl3N4O3. The summed E-state index contributed by atoms with van der Waals surface area (Å²) in [7, 11) is 0. The molecule has 0 unspecified atom stereocenters. The van der Waals surface area contributed by atoms with E-state index in [4.69, 9.17) is 34.8 Å². The molecule has 0 bridgehead atoms. The lowest BCUT2D eigenvalue weighted by atomic mass is 10.2. The molecule has 7 nitrogen and oxygen atoms in total. The number of anilines is 1. The highest BCUT2D eigenvalue weighted by Gasteiger charge is 2.16. The maximum Gasteiger partial charge on any atom is 0.270 e. The molecular weight excluding hydrogens is 415 g/mol. The average Bonchev–Trinajstić information content (AvgIpc) is 2.97. The molecule has 1 amide bonds. The summed E-state index contributed by atoms with van der Waals surface area (Å²) in [6.45, 7) is 0.255. The zero-order valence-electron chi connectivity index (χ0n) is 13.5. The van der Waals surface area contributed by atoms with Gasteiger partial charge in [0.25, 0.3) is 11.6 Å². The second-order valence-corrected chi connectivity index (χ2v) is 6.71. The number of halogens is 3. The van der Waals surface area contributed by atoms with E-state index in [9.17, 15) is 14.9 Å². The maximum absolute atomic E-state index is 12.3. The number of aromatic nitrogens is 2. The van der Waals surface area contributed by atoms with E-state index in [2.05, 4.69) is 10.4 Å². The van der Waals surface area contributed by atoms with Crippen LogP contribution in [0.5, 0.6) is 0 Å². The van der Waals surface area contributed by atoms with Crippen LogP contribution in [-0.4, -0.2) is 20.6 Å². The Kier molecular flexibility index (Phi) is 5.65. The molecule has 138 valence electrons. The molecule has 0 aliphatic rings. The largest absolute Gasteiger partial charge is 0.304 e. The second kappa shape index (κ2) is 7.96. The zero-order chi connectivity index (χ0) is 19.6. The first-order chi connectivity index (χ1) is 12.8. The Morgan fingerprint density at radius 2 is 1.78 bits per heavy atom. The summed E-state index contributed by atoms with van der Waals surface area (Å²) < 4.78 is 1.48. The van der Waals surface area contributed by atoms with Crippen LogP contribution in [0, 0.1) is 10.1 Å². The van der Waals surface area contributed by atoms with E-state index in [1.807, 2.05) is 0 Å². The minimum absolute atomic E-state index is 0.115. The van der Waals surface area contributed by atoms with Gasteiger partial charge in [0.1, 0.15) is 5.02 Å². The van der Waals surface area contributed by atoms with Gasteiger partial charge in [-0.05, 0) is 18.2 Å². The van der Waals surface area contributed by atoms with Crippen molar-refractivity contribution in [3.8, 4) is 0 Å². The molecule has 0 aliphatic heterocycles. The lowest BCUT2D eigenvalue weighted by Crippen LogP contribution is -2.13. The third-order valence-corrected chi connectivity index (χ3v) is 4.63. The number of hydrogen-bond donors (Lipinski definition) is 1. The molecule has 10 heteroatoms. The minimum atomic E-state index is -0.578. The number of non-ortho nitro benzene ring substituents is 1. The van der Waals surface area contributed by atoms with Crippen molar-refractivity contribution in [1.29, 1.82) is 0 Å². The molecule has 1 heterocycles. The summed E-state index contributed by atoms with van der Waals surface area (Å²) in [5.74, 6) is -0.446. The van der Waals surface area contributed by atoms with Crippen molar-refractivity contribution in [2.75, 3.05) is 5.32 Å². The molecule has 0 spiro atoms. The summed E-state index contributed by atoms with van der Waals surface area (Å²) in [5, 5.41) is 18.8. The van der Waals surface area contributed by atoms with Crippen LogP contribution in [0.1, 0.15) is 15.9 Å². The van der Waals surface area contributed by atoms with Gasteiger partial charge in [0.2, 0.25) is 0 Å². The van der Waals surface area contributed by atoms with E-state index in [-0.39, 0.29) is 28.6 Å². The standard InChI is InChI=1S/C17H11Cl3N4O3/c18-13-5-2-6-14(19)12(13)8-23-9-15(20)16(22-23)21-17(25)10-3-1-4-11(7-10)24(26)27/h1-7,9H,8H2,(H,21,22,25). The highest BCUT2D eigenvalue weighted by atomic mass is 35.5. The van der Waals surface area contributed by atoms with Crippen LogP contribution in [-0.2, 0) is 6.54 Å². The summed E-state index contributed by atoms with van der Waals surface area (Å²) >= 11 is 18.4. The fraction of sp³-hybridized carbons (Fsp3) is 0.0588. The van der Waals surface area contributed by atoms with E-state index in [0.717, 1.165) is 0 Å². The second-order valence-electron chi connectivity index (χ2n) is 5.48. The van der Waals surface area contributed by atoms with Gasteiger partial charge in [-0.15, -0.1) is 0 Å². The van der Waals surface area contributed by atoms with Gasteiger partial charge < -0.3 is 5.32 Å². The lowest BCUT2D eigenvalue weighted by molar-refractivity contribution is -0.384. The van der Waals surface area contributed by atoms with E-state index >= 15 is 0 Å². The van der Waals surface area contributed by atoms with Crippen molar-refractivity contribution < 1.29 is 9.72 Å². The maximum atomic E-state index is 12.3. The molecule has 0 saturated carbocycles. The fourth-order valence-electron chi connectivity index (χ4n) is 2.35. The van der Waals surface area contributed by atoms with Crippen molar-refractivity contribution in [3.05, 3.63) is 85.0 Å². The number of amides is 1. The third kappa shape index (κ3) is 4.39. The first-order valence-electron chi connectivity index (χ1n) is 7.57. The van der Waals surface area contributed by atoms with Crippen LogP contribution in [0.15, 0.2) is 48.7 Å². The van der Waals surface area contributed by atoms with Crippen molar-refractivity contribution in [2.24, 2.45) is 0 Å². The molecule has 2 aromatic carbocycles. The highest BCUT2D eigenvalue weighted by molar-refractivity contribution is 6.36. The Hall–Kier alpha value is -2.61. The molecule has 3 rings (SSSR count). The quantitative estimate of drug-likeness (QED) is 0.457. The Labute approximate surface area is 168 Å². The topological polar surface area (TPSA) is 90.1 Å². The van der Waals surface area contributed by atoms with Crippen LogP contribution in [0.2, 0.25) is 15.1 Å². The number of hydrogen-bond acceptors (Lipinski definition) is 4. The van der Waals surface area contributed by atoms with Gasteiger partial charge in [-0.3, -0.25) is 19.6 Å². The Balaban J connectivity index is 1.80. The zero-order valence-corrected chi connectivity index (χ0v) is 15.8. The van der Waals surface area contributed by atoms with E-state index < -0.39 is 10.8 Å². The number of carbonyl (C=O) groups is 1. The lowest BCUT2D eigenvalue weighted by Gasteiger charge is -2.07. The first-order valence-corrected chi connectivity index (χ1v) is 8.70. The van der Waals surface area contributed by atoms with E-state index in [0.29, 0.717) is 15.6 Å². The number of benzene rings is 2. The van der Waals surface area contributed by atoms with E-state index in [1.54, 1.807) is 18.2 Å². The van der Waals surface area contributed by atoms with Crippen LogP contribution in [0.25, 0.3) is 0 Å². The molecule has 3 aromatic rings. The summed E-state index contributed by atoms with van der Waals surface area (Å²) in [4.78, 5) is 22.6. The van der Waals surface area contributed by atoms with Crippen molar-refractivity contribution in [2.45, 2.75) is 6.54 Å². The average molecular weight is 426 g/mol. The molecule has 1 N–H and O–H groups in total. The highest BCUT2D eigenvalue weighted by Crippen LogP contribution is 2.27. The molecule has 0 radical (unpaired) electrons. The number of nitrogens with one attached hydrogen (secondary N) is 1. The normalized spacial score (nSPS) is 10.6. The molecule has 0 fully saturated rings. The summed E-state index contributed by atoms with van der Waals surface area (Å²) in [5.41, 5.74) is 0.591. The smallest absolute Gasteiger partial charge is 0.270 e. The van der Waals surface area contributed by atoms with Crippen LogP contribution >= 0.6 is 34.8 Å². The Morgan fingerprint density at radius 1 is 1.11 bits per heavy atom. The number of nitro benzene ring substituents is 1. The SMILES string of the molecule is O=C(Nc1nn(Cc2c(Cl)cccc2Cl)cc1Cl)c1cccc([N+](=O)[O-])c1. The van der Waals surface area contributed by atoms with Gasteiger partial charge in [-0.1, -0.05) is 46.9 Å². The van der Waals surface area contributed by atoms with Crippen molar-refractivity contribution in [1.82, 2.24) is 9.78 Å². The summed E-state index contributed by atoms with van der Waals surface area (Å²) in [6, 6.07) is 10.5. The van der Waals surface area contributed by atoms with Gasteiger partial charge in [0.05, 0.1) is 11.5 Å². The van der Waals surface area contributed by atoms with Crippen LogP contribution in [0.4, 0.5) is 11.5 Å². The van der Waals surface area contributed by atoms with Crippen molar-refractivity contribution >= 4 is 52.2 Å². The molecule has 0 saturated heterocycles. The van der Waals surface area contributed by atoms with Gasteiger partial charge >= 0.3 is 0 Å². The van der Waals surface area contributed by atoms with Gasteiger partial charge in [0.15, 0.2) is 5.82 Å². The Morgan fingerprint density at radius 3 is 2.44 bits per heavy atom. The number of nitrogens with zero attached hydrogens (tertiary/aromatic N) is 3. The van der Waals surface area contributed by atoms with Crippen LogP contribution in [0.3, 0.4) is 0 Å².